The molecule has 0 aliphatic heterocycles. The molecule has 2 heteroatoms. The minimum Gasteiger partial charge on any atom is -0.390 e. The fourth-order valence-corrected chi connectivity index (χ4v) is 1.05. The third kappa shape index (κ3) is 4.77. The van der Waals surface area contributed by atoms with Crippen LogP contribution in [0.2, 0.25) is 0 Å². The Balaban J connectivity index is 3.63. The van der Waals surface area contributed by atoms with Gasteiger partial charge in [0, 0.05) is 6.04 Å². The van der Waals surface area contributed by atoms with Crippen LogP contribution in [0.15, 0.2) is 0 Å². The SMILES string of the molecule is CCC(CC(C)(C)O)NC. The molecule has 0 spiro atoms. The van der Waals surface area contributed by atoms with E-state index in [0.717, 1.165) is 12.8 Å². The van der Waals surface area contributed by atoms with Crippen molar-refractivity contribution in [1.29, 1.82) is 0 Å². The van der Waals surface area contributed by atoms with Crippen molar-refractivity contribution in [3.8, 4) is 0 Å². The van der Waals surface area contributed by atoms with Crippen molar-refractivity contribution in [3.63, 3.8) is 0 Å². The van der Waals surface area contributed by atoms with Crippen LogP contribution in [0.25, 0.3) is 0 Å². The zero-order valence-corrected chi connectivity index (χ0v) is 7.44. The first-order chi connectivity index (χ1) is 4.49. The first-order valence-corrected chi connectivity index (χ1v) is 3.89. The minimum atomic E-state index is -0.538. The molecule has 10 heavy (non-hydrogen) atoms. The van der Waals surface area contributed by atoms with Gasteiger partial charge in [0.25, 0.3) is 0 Å². The van der Waals surface area contributed by atoms with E-state index in [4.69, 9.17) is 0 Å². The predicted molar refractivity (Wildman–Crippen MR) is 44.1 cm³/mol. The lowest BCUT2D eigenvalue weighted by molar-refractivity contribution is 0.0596. The maximum absolute atomic E-state index is 9.41. The van der Waals surface area contributed by atoms with Gasteiger partial charge in [0.15, 0.2) is 0 Å². The van der Waals surface area contributed by atoms with Crippen LogP contribution in [0.1, 0.15) is 33.6 Å². The van der Waals surface area contributed by atoms with Crippen LogP contribution in [0.5, 0.6) is 0 Å². The second kappa shape index (κ2) is 3.94. The monoisotopic (exact) mass is 145 g/mol. The zero-order valence-electron chi connectivity index (χ0n) is 7.44. The lowest BCUT2D eigenvalue weighted by Gasteiger charge is -2.23. The summed E-state index contributed by atoms with van der Waals surface area (Å²) in [6.07, 6.45) is 1.89. The van der Waals surface area contributed by atoms with E-state index >= 15 is 0 Å². The van der Waals surface area contributed by atoms with E-state index in [0.29, 0.717) is 6.04 Å². The molecule has 0 heterocycles. The zero-order chi connectivity index (χ0) is 8.20. The van der Waals surface area contributed by atoms with E-state index in [1.54, 1.807) is 0 Å². The molecule has 2 N–H and O–H groups in total. The number of rotatable bonds is 4. The van der Waals surface area contributed by atoms with Gasteiger partial charge in [-0.15, -0.1) is 0 Å². The molecule has 1 atom stereocenters. The van der Waals surface area contributed by atoms with E-state index < -0.39 is 5.60 Å². The molecule has 0 saturated carbocycles. The number of hydrogen-bond donors (Lipinski definition) is 2. The molecule has 0 fully saturated rings. The third-order valence-electron chi connectivity index (χ3n) is 1.65. The highest BCUT2D eigenvalue weighted by Gasteiger charge is 2.17. The Morgan fingerprint density at radius 1 is 1.50 bits per heavy atom. The van der Waals surface area contributed by atoms with Crippen molar-refractivity contribution in [2.24, 2.45) is 0 Å². The Hall–Kier alpha value is -0.0800. The summed E-state index contributed by atoms with van der Waals surface area (Å²) >= 11 is 0. The Kier molecular flexibility index (Phi) is 3.91. The molecule has 0 aromatic carbocycles. The summed E-state index contributed by atoms with van der Waals surface area (Å²) < 4.78 is 0. The van der Waals surface area contributed by atoms with Crippen LogP contribution in [-0.2, 0) is 0 Å². The average Bonchev–Trinajstić information content (AvgIpc) is 1.81. The van der Waals surface area contributed by atoms with Gasteiger partial charge in [-0.1, -0.05) is 6.92 Å². The molecule has 0 aromatic heterocycles. The second-order valence-corrected chi connectivity index (χ2v) is 3.41. The maximum atomic E-state index is 9.41. The largest absolute Gasteiger partial charge is 0.390 e. The number of aliphatic hydroxyl groups is 1. The average molecular weight is 145 g/mol. The summed E-state index contributed by atoms with van der Waals surface area (Å²) in [4.78, 5) is 0. The lowest BCUT2D eigenvalue weighted by atomic mass is 9.98. The number of nitrogens with one attached hydrogen (secondary N) is 1. The van der Waals surface area contributed by atoms with Gasteiger partial charge in [-0.25, -0.2) is 0 Å². The van der Waals surface area contributed by atoms with Crippen molar-refractivity contribution < 1.29 is 5.11 Å². The van der Waals surface area contributed by atoms with Gasteiger partial charge in [0.05, 0.1) is 5.60 Å². The summed E-state index contributed by atoms with van der Waals surface area (Å²) in [7, 11) is 1.93. The first-order valence-electron chi connectivity index (χ1n) is 3.89. The molecule has 0 radical (unpaired) electrons. The van der Waals surface area contributed by atoms with Crippen molar-refractivity contribution >= 4 is 0 Å². The molecule has 1 unspecified atom stereocenters. The van der Waals surface area contributed by atoms with Crippen molar-refractivity contribution in [2.75, 3.05) is 7.05 Å². The molecule has 0 saturated heterocycles. The first kappa shape index (κ1) is 9.92. The predicted octanol–water partition coefficient (Wildman–Crippen LogP) is 1.15. The highest BCUT2D eigenvalue weighted by atomic mass is 16.3. The number of hydrogen-bond acceptors (Lipinski definition) is 2. The van der Waals surface area contributed by atoms with Crippen LogP contribution in [-0.4, -0.2) is 23.8 Å². The van der Waals surface area contributed by atoms with Crippen LogP contribution >= 0.6 is 0 Å². The van der Waals surface area contributed by atoms with Gasteiger partial charge in [0.2, 0.25) is 0 Å². The summed E-state index contributed by atoms with van der Waals surface area (Å²) in [6, 6.07) is 0.444. The Morgan fingerprint density at radius 2 is 2.00 bits per heavy atom. The molecule has 0 rings (SSSR count). The molecule has 2 nitrogen and oxygen atoms in total. The van der Waals surface area contributed by atoms with E-state index in [9.17, 15) is 5.11 Å². The Morgan fingerprint density at radius 3 is 2.10 bits per heavy atom. The fraction of sp³-hybridized carbons (Fsp3) is 1.00. The smallest absolute Gasteiger partial charge is 0.0606 e. The van der Waals surface area contributed by atoms with E-state index in [1.165, 1.54) is 0 Å². The summed E-state index contributed by atoms with van der Waals surface area (Å²) in [5.74, 6) is 0. The highest BCUT2D eigenvalue weighted by molar-refractivity contribution is 4.74. The third-order valence-corrected chi connectivity index (χ3v) is 1.65. The van der Waals surface area contributed by atoms with Crippen molar-refractivity contribution in [3.05, 3.63) is 0 Å². The van der Waals surface area contributed by atoms with Crippen LogP contribution < -0.4 is 5.32 Å². The van der Waals surface area contributed by atoms with Gasteiger partial charge in [-0.2, -0.15) is 0 Å². The molecule has 62 valence electrons. The van der Waals surface area contributed by atoms with E-state index in [-0.39, 0.29) is 0 Å². The van der Waals surface area contributed by atoms with Gasteiger partial charge in [-0.3, -0.25) is 0 Å². The lowest BCUT2D eigenvalue weighted by Crippen LogP contribution is -2.33. The normalized spacial score (nSPS) is 15.3. The van der Waals surface area contributed by atoms with Crippen molar-refractivity contribution in [2.45, 2.75) is 45.3 Å². The Bertz CT molecular complexity index is 81.7. The highest BCUT2D eigenvalue weighted by Crippen LogP contribution is 2.11. The summed E-state index contributed by atoms with van der Waals surface area (Å²) in [5, 5.41) is 12.6. The van der Waals surface area contributed by atoms with E-state index in [1.807, 2.05) is 20.9 Å². The quantitative estimate of drug-likeness (QED) is 0.622. The van der Waals surface area contributed by atoms with Crippen LogP contribution in [0, 0.1) is 0 Å². The Labute approximate surface area is 63.6 Å². The van der Waals surface area contributed by atoms with Crippen LogP contribution in [0.4, 0.5) is 0 Å². The molecule has 0 aromatic rings. The fourth-order valence-electron chi connectivity index (χ4n) is 1.05. The summed E-state index contributed by atoms with van der Waals surface area (Å²) in [5.41, 5.74) is -0.538. The van der Waals surface area contributed by atoms with Gasteiger partial charge < -0.3 is 10.4 Å². The molecular weight excluding hydrogens is 126 g/mol. The molecule has 0 bridgehead atoms. The maximum Gasteiger partial charge on any atom is 0.0606 e. The standard InChI is InChI=1S/C8H19NO/c1-5-7(9-4)6-8(2,3)10/h7,9-10H,5-6H2,1-4H3. The second-order valence-electron chi connectivity index (χ2n) is 3.41. The van der Waals surface area contributed by atoms with Gasteiger partial charge in [-0.05, 0) is 33.7 Å². The topological polar surface area (TPSA) is 32.3 Å². The van der Waals surface area contributed by atoms with Gasteiger partial charge in [0.1, 0.15) is 0 Å². The van der Waals surface area contributed by atoms with Gasteiger partial charge >= 0.3 is 0 Å². The molecule has 0 aliphatic rings. The minimum absolute atomic E-state index is 0.444. The van der Waals surface area contributed by atoms with Crippen LogP contribution in [0.3, 0.4) is 0 Å². The van der Waals surface area contributed by atoms with E-state index in [2.05, 4.69) is 12.2 Å². The molecule has 0 aliphatic carbocycles. The van der Waals surface area contributed by atoms with Crippen molar-refractivity contribution in [1.82, 2.24) is 5.32 Å². The summed E-state index contributed by atoms with van der Waals surface area (Å²) in [6.45, 7) is 5.80. The molecular formula is C8H19NO. The molecule has 0 amide bonds.